The number of Topliss-reactive ketones (excluding diaryl/α,β-unsaturated/α-hetero) is 4. The minimum absolute atomic E-state index is 0.0792. The molecule has 0 saturated carbocycles. The monoisotopic (exact) mass is 384 g/mol. The number of aliphatic hydroxyl groups excluding tert-OH is 1. The van der Waals surface area contributed by atoms with Crippen LogP contribution in [0.1, 0.15) is 66.7 Å². The Morgan fingerprint density at radius 1 is 0.815 bits per heavy atom. The van der Waals surface area contributed by atoms with Crippen LogP contribution in [-0.2, 0) is 24.0 Å². The molecule has 2 N–H and O–H groups in total. The van der Waals surface area contributed by atoms with Gasteiger partial charge in [-0.05, 0) is 33.1 Å². The Labute approximate surface area is 160 Å². The van der Waals surface area contributed by atoms with Crippen molar-refractivity contribution in [1.29, 1.82) is 0 Å². The quantitative estimate of drug-likeness (QED) is 0.470. The Morgan fingerprint density at radius 3 is 1.70 bits per heavy atom. The zero-order valence-corrected chi connectivity index (χ0v) is 16.9. The molecule has 0 spiro atoms. The lowest BCUT2D eigenvalue weighted by molar-refractivity contribution is -0.138. The van der Waals surface area contributed by atoms with Crippen molar-refractivity contribution in [2.75, 3.05) is 0 Å². The zero-order chi connectivity index (χ0) is 21.3. The van der Waals surface area contributed by atoms with Gasteiger partial charge in [0, 0.05) is 37.5 Å². The van der Waals surface area contributed by atoms with Crippen LogP contribution >= 0.6 is 0 Å². The van der Waals surface area contributed by atoms with Crippen LogP contribution in [0.15, 0.2) is 0 Å². The molecule has 0 saturated heterocycles. The summed E-state index contributed by atoms with van der Waals surface area (Å²) in [6, 6.07) is 0. The molecule has 0 radical (unpaired) electrons. The van der Waals surface area contributed by atoms with E-state index < -0.39 is 29.8 Å². The minimum atomic E-state index is -1.03. The SMILES string of the molecule is CC(=O)CC(C(=O)CC(C(=O)CC(CCC(=O)O)C(C)=O)C(C)C)C(C)O. The fourth-order valence-corrected chi connectivity index (χ4v) is 3.09. The van der Waals surface area contributed by atoms with Crippen LogP contribution in [0.4, 0.5) is 0 Å². The van der Waals surface area contributed by atoms with Crippen molar-refractivity contribution in [3.63, 3.8) is 0 Å². The Bertz CT molecular complexity index is 563. The summed E-state index contributed by atoms with van der Waals surface area (Å²) >= 11 is 0. The van der Waals surface area contributed by atoms with Crippen LogP contribution in [-0.4, -0.2) is 45.4 Å². The second kappa shape index (κ2) is 11.7. The van der Waals surface area contributed by atoms with Gasteiger partial charge in [-0.3, -0.25) is 19.2 Å². The minimum Gasteiger partial charge on any atom is -0.481 e. The summed E-state index contributed by atoms with van der Waals surface area (Å²) in [6.45, 7) is 7.69. The Hall–Kier alpha value is -1.89. The molecule has 4 atom stereocenters. The number of rotatable bonds is 14. The average Bonchev–Trinajstić information content (AvgIpc) is 2.52. The van der Waals surface area contributed by atoms with E-state index in [2.05, 4.69) is 0 Å². The molecule has 7 nitrogen and oxygen atoms in total. The number of hydrogen-bond donors (Lipinski definition) is 2. The molecule has 7 heteroatoms. The highest BCUT2D eigenvalue weighted by Gasteiger charge is 2.32. The van der Waals surface area contributed by atoms with Crippen LogP contribution in [0, 0.1) is 23.7 Å². The molecule has 0 rings (SSSR count). The first kappa shape index (κ1) is 25.1. The number of carbonyl (C=O) groups is 5. The van der Waals surface area contributed by atoms with Crippen molar-refractivity contribution in [2.45, 2.75) is 72.8 Å². The Kier molecular flexibility index (Phi) is 10.9. The summed E-state index contributed by atoms with van der Waals surface area (Å²) in [5.74, 6) is -4.47. The lowest BCUT2D eigenvalue weighted by atomic mass is 9.78. The molecule has 0 aliphatic carbocycles. The topological polar surface area (TPSA) is 126 Å². The highest BCUT2D eigenvalue weighted by atomic mass is 16.4. The molecule has 154 valence electrons. The maximum atomic E-state index is 12.7. The van der Waals surface area contributed by atoms with Crippen LogP contribution in [0.2, 0.25) is 0 Å². The second-order valence-electron chi connectivity index (χ2n) is 7.68. The smallest absolute Gasteiger partial charge is 0.303 e. The van der Waals surface area contributed by atoms with E-state index in [0.29, 0.717) is 0 Å². The largest absolute Gasteiger partial charge is 0.481 e. The number of carboxylic acids is 1. The normalized spacial score (nSPS) is 15.7. The number of carboxylic acid groups (broad SMARTS) is 1. The van der Waals surface area contributed by atoms with Gasteiger partial charge in [0.25, 0.3) is 0 Å². The predicted molar refractivity (Wildman–Crippen MR) is 99.1 cm³/mol. The maximum absolute atomic E-state index is 12.7. The summed E-state index contributed by atoms with van der Waals surface area (Å²) in [4.78, 5) is 59.1. The molecule has 0 aromatic carbocycles. The van der Waals surface area contributed by atoms with E-state index in [0.717, 1.165) is 0 Å². The third-order valence-electron chi connectivity index (χ3n) is 4.87. The summed E-state index contributed by atoms with van der Waals surface area (Å²) in [5.41, 5.74) is 0. The molecule has 0 aromatic heterocycles. The molecule has 4 unspecified atom stereocenters. The van der Waals surface area contributed by atoms with Crippen molar-refractivity contribution < 1.29 is 34.2 Å². The summed E-state index contributed by atoms with van der Waals surface area (Å²) in [6.07, 6.45) is -1.41. The molecule has 0 heterocycles. The fraction of sp³-hybridized carbons (Fsp3) is 0.750. The molecule has 0 aromatic rings. The molecule has 0 aliphatic heterocycles. The van der Waals surface area contributed by atoms with E-state index in [1.807, 2.05) is 0 Å². The average molecular weight is 384 g/mol. The van der Waals surface area contributed by atoms with Crippen molar-refractivity contribution in [3.05, 3.63) is 0 Å². The van der Waals surface area contributed by atoms with E-state index in [1.165, 1.54) is 20.8 Å². The Balaban J connectivity index is 5.20. The van der Waals surface area contributed by atoms with Gasteiger partial charge in [0.1, 0.15) is 23.1 Å². The van der Waals surface area contributed by atoms with Crippen molar-refractivity contribution in [1.82, 2.24) is 0 Å². The first-order chi connectivity index (χ1) is 12.4. The molecule has 27 heavy (non-hydrogen) atoms. The fourth-order valence-electron chi connectivity index (χ4n) is 3.09. The first-order valence-corrected chi connectivity index (χ1v) is 9.31. The number of carbonyl (C=O) groups excluding carboxylic acids is 4. The molecular weight excluding hydrogens is 352 g/mol. The van der Waals surface area contributed by atoms with Crippen LogP contribution < -0.4 is 0 Å². The zero-order valence-electron chi connectivity index (χ0n) is 16.9. The summed E-state index contributed by atoms with van der Waals surface area (Å²) in [5, 5.41) is 18.6. The predicted octanol–water partition coefficient (Wildman–Crippen LogP) is 2.22. The van der Waals surface area contributed by atoms with Gasteiger partial charge in [0.05, 0.1) is 12.0 Å². The van der Waals surface area contributed by atoms with E-state index in [9.17, 15) is 29.1 Å². The molecule has 0 amide bonds. The maximum Gasteiger partial charge on any atom is 0.303 e. The van der Waals surface area contributed by atoms with Gasteiger partial charge in [-0.25, -0.2) is 0 Å². The lowest BCUT2D eigenvalue weighted by Crippen LogP contribution is -2.33. The lowest BCUT2D eigenvalue weighted by Gasteiger charge is -2.24. The molecule has 0 bridgehead atoms. The summed E-state index contributed by atoms with van der Waals surface area (Å²) < 4.78 is 0. The number of aliphatic hydroxyl groups is 1. The standard InChI is InChI=1S/C20H32O7/c1-11(2)16(10-19(25)17(14(5)23)8-12(3)21)18(24)9-15(13(4)22)6-7-20(26)27/h11,14-17,23H,6-10H2,1-5H3,(H,26,27). The molecule has 0 aliphatic rings. The third kappa shape index (κ3) is 9.56. The molecule has 0 fully saturated rings. The first-order valence-electron chi connectivity index (χ1n) is 9.31. The highest BCUT2D eigenvalue weighted by Crippen LogP contribution is 2.26. The number of aliphatic carboxylic acids is 1. The van der Waals surface area contributed by atoms with Gasteiger partial charge in [-0.2, -0.15) is 0 Å². The Morgan fingerprint density at radius 2 is 1.33 bits per heavy atom. The van der Waals surface area contributed by atoms with Gasteiger partial charge >= 0.3 is 5.97 Å². The van der Waals surface area contributed by atoms with Gasteiger partial charge < -0.3 is 15.0 Å². The van der Waals surface area contributed by atoms with Gasteiger partial charge in [0.2, 0.25) is 0 Å². The summed E-state index contributed by atoms with van der Waals surface area (Å²) in [7, 11) is 0. The van der Waals surface area contributed by atoms with Crippen LogP contribution in [0.25, 0.3) is 0 Å². The number of hydrogen-bond acceptors (Lipinski definition) is 6. The van der Waals surface area contributed by atoms with Crippen LogP contribution in [0.3, 0.4) is 0 Å². The van der Waals surface area contributed by atoms with Gasteiger partial charge in [-0.15, -0.1) is 0 Å². The molecular formula is C20H32O7. The van der Waals surface area contributed by atoms with E-state index in [4.69, 9.17) is 5.11 Å². The second-order valence-corrected chi connectivity index (χ2v) is 7.68. The van der Waals surface area contributed by atoms with Gasteiger partial charge in [-0.1, -0.05) is 13.8 Å². The van der Waals surface area contributed by atoms with E-state index in [-0.39, 0.29) is 61.2 Å². The van der Waals surface area contributed by atoms with Crippen molar-refractivity contribution in [2.24, 2.45) is 23.7 Å². The van der Waals surface area contributed by atoms with Crippen molar-refractivity contribution in [3.8, 4) is 0 Å². The van der Waals surface area contributed by atoms with Gasteiger partial charge in [0.15, 0.2) is 0 Å². The third-order valence-corrected chi connectivity index (χ3v) is 4.87. The highest BCUT2D eigenvalue weighted by molar-refractivity contribution is 5.93. The van der Waals surface area contributed by atoms with Crippen LogP contribution in [0.5, 0.6) is 0 Å². The van der Waals surface area contributed by atoms with Crippen molar-refractivity contribution >= 4 is 29.1 Å². The number of ketones is 4. The van der Waals surface area contributed by atoms with E-state index in [1.54, 1.807) is 13.8 Å². The van der Waals surface area contributed by atoms with E-state index >= 15 is 0 Å².